The Morgan fingerprint density at radius 1 is 1.05 bits per heavy atom. The summed E-state index contributed by atoms with van der Waals surface area (Å²) >= 11 is 0. The molecule has 204 valence electrons. The van der Waals surface area contributed by atoms with Crippen molar-refractivity contribution in [3.63, 3.8) is 0 Å². The molecule has 0 aromatic heterocycles. The first-order chi connectivity index (χ1) is 18.2. The number of nitrogens with zero attached hydrogens (tertiary/aromatic N) is 1. The molecule has 1 aliphatic rings. The van der Waals surface area contributed by atoms with Crippen LogP contribution in [0.4, 0.5) is 0 Å². The highest BCUT2D eigenvalue weighted by atomic mass is 16.3. The zero-order chi connectivity index (χ0) is 28.8. The maximum absolute atomic E-state index is 13.4. The van der Waals surface area contributed by atoms with E-state index in [9.17, 15) is 24.3 Å². The molecule has 0 aliphatic heterocycles. The van der Waals surface area contributed by atoms with E-state index in [0.29, 0.717) is 0 Å². The van der Waals surface area contributed by atoms with Crippen molar-refractivity contribution >= 4 is 29.1 Å². The number of carbonyl (C=O) groups is 4. The fraction of sp³-hybridized carbons (Fsp3) is 0.321. The van der Waals surface area contributed by atoms with Crippen LogP contribution in [0.5, 0.6) is 0 Å². The van der Waals surface area contributed by atoms with Gasteiger partial charge in [0.2, 0.25) is 0 Å². The highest BCUT2D eigenvalue weighted by Crippen LogP contribution is 2.32. The van der Waals surface area contributed by atoms with E-state index < -0.39 is 35.1 Å². The molecule has 0 bridgehead atoms. The van der Waals surface area contributed by atoms with Gasteiger partial charge in [-0.15, -0.1) is 0 Å². The number of aliphatic hydroxyl groups excluding tert-OH is 3. The molecule has 0 spiro atoms. The van der Waals surface area contributed by atoms with Crippen molar-refractivity contribution < 1.29 is 34.5 Å². The average molecular weight is 526 g/mol. The Labute approximate surface area is 222 Å². The van der Waals surface area contributed by atoms with Gasteiger partial charge in [-0.05, 0) is 37.6 Å². The first kappa shape index (κ1) is 31.9. The third-order valence-electron chi connectivity index (χ3n) is 5.24. The summed E-state index contributed by atoms with van der Waals surface area (Å²) in [4.78, 5) is 55.9. The summed E-state index contributed by atoms with van der Waals surface area (Å²) in [6, 6.07) is 3.99. The number of Topliss-reactive ketones (excluding diaryl/α,β-unsaturated/α-hetero) is 2. The van der Waals surface area contributed by atoms with Crippen LogP contribution >= 0.6 is 0 Å². The van der Waals surface area contributed by atoms with E-state index in [-0.39, 0.29) is 59.9 Å². The lowest BCUT2D eigenvalue weighted by Crippen LogP contribution is -2.33. The number of rotatable bonds is 11. The molecule has 1 atom stereocenters. The minimum atomic E-state index is -1.55. The molecule has 0 fully saturated rings. The second kappa shape index (κ2) is 15.9. The number of hydrogen-bond acceptors (Lipinski definition) is 8. The second-order valence-corrected chi connectivity index (χ2v) is 7.69. The van der Waals surface area contributed by atoms with Crippen LogP contribution in [-0.4, -0.2) is 70.7 Å². The third kappa shape index (κ3) is 7.44. The summed E-state index contributed by atoms with van der Waals surface area (Å²) in [5.41, 5.74) is -0.153. The molecule has 1 aliphatic carbocycles. The number of amides is 2. The van der Waals surface area contributed by atoms with E-state index in [1.54, 1.807) is 6.92 Å². The number of aliphatic hydroxyl groups is 3. The van der Waals surface area contributed by atoms with Gasteiger partial charge in [0.05, 0.1) is 18.8 Å². The van der Waals surface area contributed by atoms with E-state index in [0.717, 1.165) is 0 Å². The van der Waals surface area contributed by atoms with Crippen molar-refractivity contribution in [1.82, 2.24) is 10.6 Å². The largest absolute Gasteiger partial charge is 0.505 e. The zero-order valence-electron chi connectivity index (χ0n) is 22.1. The Bertz CT molecular complexity index is 1190. The quantitative estimate of drug-likeness (QED) is 0.0973. The highest BCUT2D eigenvalue weighted by molar-refractivity contribution is 6.39. The summed E-state index contributed by atoms with van der Waals surface area (Å²) in [6.45, 7) is 10.1. The lowest BCUT2D eigenvalue weighted by molar-refractivity contribution is -0.117. The fourth-order valence-electron chi connectivity index (χ4n) is 3.60. The maximum atomic E-state index is 13.4. The molecule has 0 saturated heterocycles. The molecule has 38 heavy (non-hydrogen) atoms. The summed E-state index contributed by atoms with van der Waals surface area (Å²) in [5, 5.41) is 34.1. The Morgan fingerprint density at radius 3 is 2.24 bits per heavy atom. The fourth-order valence-corrected chi connectivity index (χ4v) is 3.60. The minimum absolute atomic E-state index is 0.0168. The SMILES string of the molecule is C=C/C=C(C)/C(C(=O)NCCO)=C(O)\C(=N\C=C\C)C1C(=O)c2ccc(C(=O)NCCO)cc2C1=O.CC. The number of allylic oxidation sites excluding steroid dienone is 4. The van der Waals surface area contributed by atoms with Gasteiger partial charge in [-0.25, -0.2) is 0 Å². The van der Waals surface area contributed by atoms with Crippen molar-refractivity contribution in [3.8, 4) is 0 Å². The molecule has 1 aromatic carbocycles. The molecule has 5 N–H and O–H groups in total. The minimum Gasteiger partial charge on any atom is -0.505 e. The molecule has 0 heterocycles. The maximum Gasteiger partial charge on any atom is 0.255 e. The zero-order valence-corrected chi connectivity index (χ0v) is 22.1. The van der Waals surface area contributed by atoms with Gasteiger partial charge >= 0.3 is 0 Å². The van der Waals surface area contributed by atoms with Crippen molar-refractivity contribution in [2.45, 2.75) is 27.7 Å². The van der Waals surface area contributed by atoms with E-state index in [4.69, 9.17) is 10.2 Å². The Kier molecular flexibility index (Phi) is 13.3. The van der Waals surface area contributed by atoms with E-state index in [1.165, 1.54) is 49.6 Å². The van der Waals surface area contributed by atoms with Crippen LogP contribution in [0.25, 0.3) is 0 Å². The normalized spacial score (nSPS) is 15.9. The van der Waals surface area contributed by atoms with Crippen molar-refractivity contribution in [1.29, 1.82) is 0 Å². The van der Waals surface area contributed by atoms with E-state index in [1.807, 2.05) is 13.8 Å². The first-order valence-electron chi connectivity index (χ1n) is 12.2. The molecular weight excluding hydrogens is 490 g/mol. The number of carbonyl (C=O) groups excluding carboxylic acids is 4. The predicted octanol–water partition coefficient (Wildman–Crippen LogP) is 2.46. The van der Waals surface area contributed by atoms with Gasteiger partial charge in [0.25, 0.3) is 11.8 Å². The van der Waals surface area contributed by atoms with Crippen LogP contribution in [0.3, 0.4) is 0 Å². The van der Waals surface area contributed by atoms with Crippen LogP contribution in [-0.2, 0) is 4.79 Å². The second-order valence-electron chi connectivity index (χ2n) is 7.69. The van der Waals surface area contributed by atoms with E-state index in [2.05, 4.69) is 22.2 Å². The molecule has 0 radical (unpaired) electrons. The summed E-state index contributed by atoms with van der Waals surface area (Å²) in [7, 11) is 0. The molecule has 1 unspecified atom stereocenters. The Balaban J connectivity index is 0.00000352. The number of nitrogens with one attached hydrogen (secondary N) is 2. The van der Waals surface area contributed by atoms with Gasteiger partial charge in [-0.3, -0.25) is 24.2 Å². The first-order valence-corrected chi connectivity index (χ1v) is 12.2. The topological polar surface area (TPSA) is 165 Å². The van der Waals surface area contributed by atoms with Gasteiger partial charge in [-0.2, -0.15) is 0 Å². The molecular formula is C28H35N3O7. The van der Waals surface area contributed by atoms with Crippen molar-refractivity contribution in [2.24, 2.45) is 10.9 Å². The van der Waals surface area contributed by atoms with Crippen LogP contribution < -0.4 is 10.6 Å². The summed E-state index contributed by atoms with van der Waals surface area (Å²) < 4.78 is 0. The third-order valence-corrected chi connectivity index (χ3v) is 5.24. The standard InChI is InChI=1S/C26H29N3O7.C2H6/c1-4-6-15(3)19(26(36)29-11-13-31)24(34)21(27-9-5-2)20-22(32)17-8-7-16(14-18(17)23(20)33)25(35)28-10-12-30;1-2/h4-9,14,20,30-31,34H,1,10-13H2,2-3H3,(H,28,35)(H,29,36);1-2H3/b9-5+,15-6+,24-19-,27-21+;. The smallest absolute Gasteiger partial charge is 0.255 e. The van der Waals surface area contributed by atoms with Gasteiger partial charge in [0.15, 0.2) is 17.3 Å². The van der Waals surface area contributed by atoms with Gasteiger partial charge < -0.3 is 26.0 Å². The molecule has 1 aromatic rings. The van der Waals surface area contributed by atoms with Crippen LogP contribution in [0.15, 0.2) is 71.1 Å². The molecule has 0 saturated carbocycles. The van der Waals surface area contributed by atoms with Crippen LogP contribution in [0.1, 0.15) is 58.8 Å². The lowest BCUT2D eigenvalue weighted by Gasteiger charge is -2.16. The van der Waals surface area contributed by atoms with Crippen molar-refractivity contribution in [2.75, 3.05) is 26.3 Å². The molecule has 10 nitrogen and oxygen atoms in total. The summed E-state index contributed by atoms with van der Waals surface area (Å²) in [6.07, 6.45) is 5.65. The molecule has 10 heteroatoms. The van der Waals surface area contributed by atoms with Crippen LogP contribution in [0, 0.1) is 5.92 Å². The lowest BCUT2D eigenvalue weighted by atomic mass is 9.92. The number of benzene rings is 1. The predicted molar refractivity (Wildman–Crippen MR) is 145 cm³/mol. The number of fused-ring (bicyclic) bond motifs is 1. The Morgan fingerprint density at radius 2 is 1.66 bits per heavy atom. The average Bonchev–Trinajstić information content (AvgIpc) is 3.16. The van der Waals surface area contributed by atoms with Gasteiger partial charge in [-0.1, -0.05) is 38.7 Å². The number of hydrogen-bond donors (Lipinski definition) is 5. The highest BCUT2D eigenvalue weighted by Gasteiger charge is 2.44. The monoisotopic (exact) mass is 525 g/mol. The molecule has 2 rings (SSSR count). The van der Waals surface area contributed by atoms with Crippen molar-refractivity contribution in [3.05, 3.63) is 82.8 Å². The van der Waals surface area contributed by atoms with Gasteiger partial charge in [0.1, 0.15) is 11.6 Å². The Hall–Kier alpha value is -4.15. The number of ketones is 2. The van der Waals surface area contributed by atoms with E-state index >= 15 is 0 Å². The summed E-state index contributed by atoms with van der Waals surface area (Å²) in [5.74, 6) is -4.85. The van der Waals surface area contributed by atoms with Crippen LogP contribution in [0.2, 0.25) is 0 Å². The molecule has 2 amide bonds. The number of aliphatic imine (C=N–C) groups is 1. The van der Waals surface area contributed by atoms with Gasteiger partial charge in [0, 0.05) is 36.0 Å².